The number of carboxylic acid groups (broad SMARTS) is 1. The predicted octanol–water partition coefficient (Wildman–Crippen LogP) is 0.931. The molecule has 1 N–H and O–H groups in total. The van der Waals surface area contributed by atoms with E-state index in [4.69, 9.17) is 5.11 Å². The van der Waals surface area contributed by atoms with Crippen molar-refractivity contribution >= 4 is 12.0 Å². The van der Waals surface area contributed by atoms with Crippen LogP contribution in [0.2, 0.25) is 0 Å². The first-order chi connectivity index (χ1) is 9.37. The topological polar surface area (TPSA) is 64.1 Å². The Morgan fingerprint density at radius 1 is 1.05 bits per heavy atom. The number of urea groups is 1. The predicted molar refractivity (Wildman–Crippen MR) is 75.6 cm³/mol. The van der Waals surface area contributed by atoms with Gasteiger partial charge < -0.3 is 14.9 Å². The molecule has 2 saturated heterocycles. The largest absolute Gasteiger partial charge is 0.481 e. The van der Waals surface area contributed by atoms with Crippen LogP contribution in [0.4, 0.5) is 4.79 Å². The SMILES string of the molecule is CC1(C)CCN(C(=O)N2CCN(CCC(=O)O)CC2)C1. The Morgan fingerprint density at radius 3 is 2.20 bits per heavy atom. The number of piperazine rings is 1. The van der Waals surface area contributed by atoms with E-state index in [1.54, 1.807) is 0 Å². The van der Waals surface area contributed by atoms with Crippen molar-refractivity contribution in [2.75, 3.05) is 45.8 Å². The maximum absolute atomic E-state index is 12.4. The Bertz CT molecular complexity index is 376. The summed E-state index contributed by atoms with van der Waals surface area (Å²) >= 11 is 0. The van der Waals surface area contributed by atoms with Crippen molar-refractivity contribution in [3.8, 4) is 0 Å². The van der Waals surface area contributed by atoms with Crippen molar-refractivity contribution < 1.29 is 14.7 Å². The van der Waals surface area contributed by atoms with Crippen molar-refractivity contribution in [1.82, 2.24) is 14.7 Å². The van der Waals surface area contributed by atoms with Crippen LogP contribution in [0, 0.1) is 5.41 Å². The van der Waals surface area contributed by atoms with Crippen molar-refractivity contribution in [2.45, 2.75) is 26.7 Å². The minimum Gasteiger partial charge on any atom is -0.481 e. The quantitative estimate of drug-likeness (QED) is 0.837. The lowest BCUT2D eigenvalue weighted by atomic mass is 9.93. The van der Waals surface area contributed by atoms with Crippen LogP contribution in [-0.2, 0) is 4.79 Å². The molecule has 0 aromatic heterocycles. The van der Waals surface area contributed by atoms with Crippen LogP contribution in [-0.4, -0.2) is 77.6 Å². The standard InChI is InChI=1S/C14H25N3O3/c1-14(2)4-6-17(11-14)13(20)16-9-7-15(8-10-16)5-3-12(18)19/h3-11H2,1-2H3,(H,18,19). The summed E-state index contributed by atoms with van der Waals surface area (Å²) in [6.45, 7) is 9.62. The van der Waals surface area contributed by atoms with Gasteiger partial charge in [-0.05, 0) is 11.8 Å². The van der Waals surface area contributed by atoms with Gasteiger partial charge in [-0.25, -0.2) is 4.79 Å². The van der Waals surface area contributed by atoms with Crippen molar-refractivity contribution in [3.05, 3.63) is 0 Å². The number of nitrogens with zero attached hydrogens (tertiary/aromatic N) is 3. The van der Waals surface area contributed by atoms with Gasteiger partial charge in [0.1, 0.15) is 0 Å². The van der Waals surface area contributed by atoms with Gasteiger partial charge in [-0.2, -0.15) is 0 Å². The van der Waals surface area contributed by atoms with Crippen LogP contribution in [0.15, 0.2) is 0 Å². The average Bonchev–Trinajstić information content (AvgIpc) is 2.76. The summed E-state index contributed by atoms with van der Waals surface area (Å²) in [5.41, 5.74) is 0.235. The maximum Gasteiger partial charge on any atom is 0.320 e. The first kappa shape index (κ1) is 15.1. The Labute approximate surface area is 120 Å². The molecule has 2 aliphatic rings. The number of carbonyl (C=O) groups is 2. The zero-order chi connectivity index (χ0) is 14.8. The average molecular weight is 283 g/mol. The second kappa shape index (κ2) is 5.99. The second-order valence-electron chi connectivity index (χ2n) is 6.59. The lowest BCUT2D eigenvalue weighted by Crippen LogP contribution is -2.52. The minimum absolute atomic E-state index is 0.147. The number of carboxylic acids is 1. The van der Waals surface area contributed by atoms with Gasteiger partial charge in [0, 0.05) is 45.8 Å². The molecule has 20 heavy (non-hydrogen) atoms. The summed E-state index contributed by atoms with van der Waals surface area (Å²) in [5.74, 6) is -0.761. The lowest BCUT2D eigenvalue weighted by molar-refractivity contribution is -0.137. The highest BCUT2D eigenvalue weighted by Crippen LogP contribution is 2.29. The first-order valence-corrected chi connectivity index (χ1v) is 7.35. The monoisotopic (exact) mass is 283 g/mol. The maximum atomic E-state index is 12.4. The van der Waals surface area contributed by atoms with E-state index in [-0.39, 0.29) is 17.9 Å². The normalized spacial score (nSPS) is 23.1. The molecule has 6 heteroatoms. The molecule has 0 bridgehead atoms. The molecule has 2 aliphatic heterocycles. The second-order valence-corrected chi connectivity index (χ2v) is 6.59. The molecule has 0 aromatic carbocycles. The molecular formula is C14H25N3O3. The Kier molecular flexibility index (Phi) is 4.52. The number of aliphatic carboxylic acids is 1. The summed E-state index contributed by atoms with van der Waals surface area (Å²) < 4.78 is 0. The highest BCUT2D eigenvalue weighted by Gasteiger charge is 2.34. The Balaban J connectivity index is 1.76. The van der Waals surface area contributed by atoms with Gasteiger partial charge in [0.15, 0.2) is 0 Å². The van der Waals surface area contributed by atoms with Crippen molar-refractivity contribution in [1.29, 1.82) is 0 Å². The number of amides is 2. The van der Waals surface area contributed by atoms with E-state index in [9.17, 15) is 9.59 Å². The first-order valence-electron chi connectivity index (χ1n) is 7.35. The van der Waals surface area contributed by atoms with Gasteiger partial charge in [-0.3, -0.25) is 9.69 Å². The van der Waals surface area contributed by atoms with E-state index < -0.39 is 5.97 Å². The molecule has 2 rings (SSSR count). The summed E-state index contributed by atoms with van der Waals surface area (Å²) in [5, 5.41) is 8.68. The lowest BCUT2D eigenvalue weighted by Gasteiger charge is -2.36. The molecular weight excluding hydrogens is 258 g/mol. The zero-order valence-corrected chi connectivity index (χ0v) is 12.5. The number of hydrogen-bond donors (Lipinski definition) is 1. The molecule has 0 unspecified atom stereocenters. The molecule has 0 aliphatic carbocycles. The third-order valence-corrected chi connectivity index (χ3v) is 4.23. The molecule has 6 nitrogen and oxygen atoms in total. The molecule has 0 spiro atoms. The van der Waals surface area contributed by atoms with Crippen LogP contribution < -0.4 is 0 Å². The molecule has 0 atom stereocenters. The van der Waals surface area contributed by atoms with Crippen LogP contribution in [0.3, 0.4) is 0 Å². The fraction of sp³-hybridized carbons (Fsp3) is 0.857. The number of hydrogen-bond acceptors (Lipinski definition) is 3. The molecule has 0 saturated carbocycles. The fourth-order valence-electron chi connectivity index (χ4n) is 2.89. The molecule has 2 fully saturated rings. The van der Waals surface area contributed by atoms with Crippen molar-refractivity contribution in [3.63, 3.8) is 0 Å². The highest BCUT2D eigenvalue weighted by molar-refractivity contribution is 5.75. The van der Waals surface area contributed by atoms with Crippen LogP contribution in [0.1, 0.15) is 26.7 Å². The minimum atomic E-state index is -0.761. The molecule has 2 heterocycles. The van der Waals surface area contributed by atoms with Crippen LogP contribution >= 0.6 is 0 Å². The van der Waals surface area contributed by atoms with E-state index in [1.165, 1.54) is 0 Å². The van der Waals surface area contributed by atoms with E-state index in [0.717, 1.165) is 32.6 Å². The summed E-state index contributed by atoms with van der Waals surface area (Å²) in [6.07, 6.45) is 1.24. The number of rotatable bonds is 3. The Hall–Kier alpha value is -1.30. The molecule has 0 radical (unpaired) electrons. The third kappa shape index (κ3) is 3.85. The van der Waals surface area contributed by atoms with Crippen molar-refractivity contribution in [2.24, 2.45) is 5.41 Å². The number of likely N-dealkylation sites (tertiary alicyclic amines) is 1. The summed E-state index contributed by atoms with van der Waals surface area (Å²) in [4.78, 5) is 28.9. The van der Waals surface area contributed by atoms with Crippen LogP contribution in [0.25, 0.3) is 0 Å². The highest BCUT2D eigenvalue weighted by atomic mass is 16.4. The van der Waals surface area contributed by atoms with Gasteiger partial charge >= 0.3 is 12.0 Å². The van der Waals surface area contributed by atoms with E-state index in [2.05, 4.69) is 18.7 Å². The summed E-state index contributed by atoms with van der Waals surface area (Å²) in [6, 6.07) is 0.147. The van der Waals surface area contributed by atoms with Gasteiger partial charge in [-0.1, -0.05) is 13.8 Å². The molecule has 0 aromatic rings. The summed E-state index contributed by atoms with van der Waals surface area (Å²) in [7, 11) is 0. The number of carbonyl (C=O) groups excluding carboxylic acids is 1. The van der Waals surface area contributed by atoms with Gasteiger partial charge in [0.25, 0.3) is 0 Å². The van der Waals surface area contributed by atoms with E-state index in [1.807, 2.05) is 9.80 Å². The third-order valence-electron chi connectivity index (χ3n) is 4.23. The van der Waals surface area contributed by atoms with Gasteiger partial charge in [0.2, 0.25) is 0 Å². The van der Waals surface area contributed by atoms with Gasteiger partial charge in [0.05, 0.1) is 6.42 Å². The smallest absolute Gasteiger partial charge is 0.320 e. The van der Waals surface area contributed by atoms with E-state index in [0.29, 0.717) is 19.6 Å². The van der Waals surface area contributed by atoms with E-state index >= 15 is 0 Å². The Morgan fingerprint density at radius 2 is 1.70 bits per heavy atom. The van der Waals surface area contributed by atoms with Crippen LogP contribution in [0.5, 0.6) is 0 Å². The molecule has 114 valence electrons. The zero-order valence-electron chi connectivity index (χ0n) is 12.5. The fourth-order valence-corrected chi connectivity index (χ4v) is 2.89. The van der Waals surface area contributed by atoms with Gasteiger partial charge in [-0.15, -0.1) is 0 Å². The molecule has 2 amide bonds.